The van der Waals surface area contributed by atoms with E-state index >= 15 is 0 Å². The van der Waals surface area contributed by atoms with E-state index in [0.717, 1.165) is 21.6 Å². The number of nitrogens with one attached hydrogen (secondary N) is 1. The topological polar surface area (TPSA) is 89.8 Å². The van der Waals surface area contributed by atoms with Gasteiger partial charge in [0.2, 0.25) is 10.0 Å². The van der Waals surface area contributed by atoms with Crippen molar-refractivity contribution >= 4 is 44.4 Å². The third kappa shape index (κ3) is 5.07. The van der Waals surface area contributed by atoms with Crippen molar-refractivity contribution in [3.8, 4) is 0 Å². The molecule has 10 heteroatoms. The lowest BCUT2D eigenvalue weighted by atomic mass is 10.1. The highest BCUT2D eigenvalue weighted by molar-refractivity contribution is 7.99. The van der Waals surface area contributed by atoms with Gasteiger partial charge >= 0.3 is 0 Å². The van der Waals surface area contributed by atoms with E-state index in [1.54, 1.807) is 34.8 Å². The normalized spacial score (nSPS) is 12.8. The molecule has 1 atom stereocenters. The fourth-order valence-electron chi connectivity index (χ4n) is 3.18. The number of hydrogen-bond acceptors (Lipinski definition) is 6. The third-order valence-corrected chi connectivity index (χ3v) is 7.54. The molecule has 160 valence electrons. The van der Waals surface area contributed by atoms with Gasteiger partial charge in [0.05, 0.1) is 16.5 Å². The first-order valence-corrected chi connectivity index (χ1v) is 12.4. The number of nitrogens with zero attached hydrogens (tertiary/aromatic N) is 4. The van der Waals surface area contributed by atoms with Crippen molar-refractivity contribution in [1.82, 2.24) is 24.5 Å². The molecular weight excluding hydrogens is 454 g/mol. The molecule has 0 saturated carbocycles. The number of benzene rings is 2. The van der Waals surface area contributed by atoms with Crippen molar-refractivity contribution in [1.29, 1.82) is 0 Å². The van der Waals surface area contributed by atoms with E-state index in [1.807, 2.05) is 37.4 Å². The van der Waals surface area contributed by atoms with E-state index in [0.29, 0.717) is 17.2 Å². The molecule has 0 aliphatic carbocycles. The molecule has 4 rings (SSSR count). The Kier molecular flexibility index (Phi) is 6.57. The van der Waals surface area contributed by atoms with E-state index < -0.39 is 10.0 Å². The fraction of sp³-hybridized carbons (Fsp3) is 0.190. The van der Waals surface area contributed by atoms with Gasteiger partial charge in [-0.1, -0.05) is 41.9 Å². The maximum Gasteiger partial charge on any atom is 0.241 e. The average molecular weight is 474 g/mol. The molecule has 0 radical (unpaired) electrons. The first kappa shape index (κ1) is 21.8. The maximum atomic E-state index is 12.9. The summed E-state index contributed by atoms with van der Waals surface area (Å²) < 4.78 is 30.4. The molecule has 31 heavy (non-hydrogen) atoms. The van der Waals surface area contributed by atoms with Gasteiger partial charge in [-0.15, -0.1) is 11.8 Å². The number of fused-ring (bicyclic) bond motifs is 1. The Balaban J connectivity index is 1.52. The van der Waals surface area contributed by atoms with Crippen LogP contribution in [0.1, 0.15) is 18.0 Å². The highest BCUT2D eigenvalue weighted by Crippen LogP contribution is 2.28. The van der Waals surface area contributed by atoms with Crippen LogP contribution in [0.15, 0.2) is 77.0 Å². The highest BCUT2D eigenvalue weighted by Gasteiger charge is 2.21. The Morgan fingerprint density at radius 3 is 2.58 bits per heavy atom. The first-order valence-electron chi connectivity index (χ1n) is 9.52. The molecule has 0 spiro atoms. The van der Waals surface area contributed by atoms with Crippen LogP contribution in [0.4, 0.5) is 0 Å². The van der Waals surface area contributed by atoms with Crippen molar-refractivity contribution in [3.63, 3.8) is 0 Å². The van der Waals surface area contributed by atoms with E-state index in [1.165, 1.54) is 18.5 Å². The van der Waals surface area contributed by atoms with E-state index in [9.17, 15) is 8.42 Å². The highest BCUT2D eigenvalue weighted by atomic mass is 35.5. The predicted molar refractivity (Wildman–Crippen MR) is 123 cm³/mol. The Labute approximate surface area is 189 Å². The average Bonchev–Trinajstić information content (AvgIpc) is 3.16. The summed E-state index contributed by atoms with van der Waals surface area (Å²) in [7, 11) is -1.87. The van der Waals surface area contributed by atoms with Crippen LogP contribution < -0.4 is 4.72 Å². The second-order valence-electron chi connectivity index (χ2n) is 6.86. The van der Waals surface area contributed by atoms with Crippen molar-refractivity contribution in [3.05, 3.63) is 77.7 Å². The van der Waals surface area contributed by atoms with Gasteiger partial charge in [0.1, 0.15) is 11.4 Å². The van der Waals surface area contributed by atoms with Crippen LogP contribution in [0.2, 0.25) is 5.02 Å². The summed E-state index contributed by atoms with van der Waals surface area (Å²) in [5.74, 6) is 0.656. The zero-order chi connectivity index (χ0) is 21.8. The third-order valence-electron chi connectivity index (χ3n) is 4.76. The minimum absolute atomic E-state index is 0.179. The number of aryl methyl sites for hydroxylation is 1. The second-order valence-corrected chi connectivity index (χ2v) is 10.1. The van der Waals surface area contributed by atoms with Crippen LogP contribution in [-0.4, -0.2) is 33.9 Å². The quantitative estimate of drug-likeness (QED) is 0.304. The van der Waals surface area contributed by atoms with Crippen molar-refractivity contribution in [2.45, 2.75) is 22.4 Å². The summed E-state index contributed by atoms with van der Waals surface area (Å²) in [6.07, 6.45) is 3.84. The van der Waals surface area contributed by atoms with Gasteiger partial charge in [0.15, 0.2) is 5.65 Å². The summed E-state index contributed by atoms with van der Waals surface area (Å²) in [5, 5.41) is 6.43. The smallest absolute Gasteiger partial charge is 0.241 e. The number of rotatable bonds is 8. The number of thioether (sulfide) groups is 1. The molecule has 4 aromatic rings. The molecule has 1 N–H and O–H groups in total. The van der Waals surface area contributed by atoms with Crippen LogP contribution in [-0.2, 0) is 17.1 Å². The van der Waals surface area contributed by atoms with Crippen molar-refractivity contribution in [2.75, 3.05) is 5.75 Å². The molecule has 0 aliphatic rings. The summed E-state index contributed by atoms with van der Waals surface area (Å²) in [6.45, 7) is 0. The minimum Gasteiger partial charge on any atom is -0.250 e. The van der Waals surface area contributed by atoms with Crippen LogP contribution in [0.25, 0.3) is 11.0 Å². The number of hydrogen-bond donors (Lipinski definition) is 1. The summed E-state index contributed by atoms with van der Waals surface area (Å²) in [4.78, 5) is 8.80. The largest absolute Gasteiger partial charge is 0.250 e. The van der Waals surface area contributed by atoms with Gasteiger partial charge in [-0.05, 0) is 36.2 Å². The monoisotopic (exact) mass is 473 g/mol. The zero-order valence-electron chi connectivity index (χ0n) is 16.6. The number of halogens is 1. The predicted octanol–water partition coefficient (Wildman–Crippen LogP) is 4.22. The van der Waals surface area contributed by atoms with Gasteiger partial charge in [-0.3, -0.25) is 4.68 Å². The molecular formula is C21H20ClN5O2S2. The van der Waals surface area contributed by atoms with Crippen LogP contribution in [0.3, 0.4) is 0 Å². The lowest BCUT2D eigenvalue weighted by Gasteiger charge is -2.19. The summed E-state index contributed by atoms with van der Waals surface area (Å²) in [5.41, 5.74) is 1.66. The molecule has 0 amide bonds. The zero-order valence-corrected chi connectivity index (χ0v) is 19.0. The van der Waals surface area contributed by atoms with Crippen LogP contribution in [0, 0.1) is 0 Å². The Morgan fingerprint density at radius 2 is 1.84 bits per heavy atom. The van der Waals surface area contributed by atoms with Gasteiger partial charge in [-0.25, -0.2) is 23.1 Å². The molecule has 2 heterocycles. The molecule has 0 fully saturated rings. The fourth-order valence-corrected chi connectivity index (χ4v) is 5.53. The molecule has 2 aromatic heterocycles. The summed E-state index contributed by atoms with van der Waals surface area (Å²) in [6, 6.07) is 15.3. The molecule has 0 saturated heterocycles. The van der Waals surface area contributed by atoms with E-state index in [-0.39, 0.29) is 10.9 Å². The molecule has 2 aromatic carbocycles. The van der Waals surface area contributed by atoms with E-state index in [2.05, 4.69) is 19.8 Å². The molecule has 0 unspecified atom stereocenters. The second kappa shape index (κ2) is 9.35. The first-order chi connectivity index (χ1) is 14.9. The van der Waals surface area contributed by atoms with Crippen molar-refractivity contribution < 1.29 is 8.42 Å². The minimum atomic E-state index is -3.71. The van der Waals surface area contributed by atoms with Gasteiger partial charge < -0.3 is 0 Å². The molecule has 7 nitrogen and oxygen atoms in total. The number of sulfonamides is 1. The standard InChI is InChI=1S/C21H20ClN5O2S2/c1-27-20-18(13-25-27)21(24-14-23-20)30-12-11-19(15-5-3-2-4-6-15)26-31(28,29)17-9-7-16(22)8-10-17/h2-10,13-14,19,26H,11-12H2,1H3/t19-/m1/s1. The summed E-state index contributed by atoms with van der Waals surface area (Å²) >= 11 is 7.45. The Hall–Kier alpha value is -2.46. The molecule has 0 aliphatic heterocycles. The van der Waals surface area contributed by atoms with Gasteiger partial charge in [-0.2, -0.15) is 5.10 Å². The Morgan fingerprint density at radius 1 is 1.10 bits per heavy atom. The lowest BCUT2D eigenvalue weighted by molar-refractivity contribution is 0.551. The van der Waals surface area contributed by atoms with E-state index in [4.69, 9.17) is 11.6 Å². The van der Waals surface area contributed by atoms with Gasteiger partial charge in [0.25, 0.3) is 0 Å². The van der Waals surface area contributed by atoms with Crippen LogP contribution >= 0.6 is 23.4 Å². The Bertz CT molecular complexity index is 1280. The number of aromatic nitrogens is 4. The SMILES string of the molecule is Cn1ncc2c(SCC[C@@H](NS(=O)(=O)c3ccc(Cl)cc3)c3ccccc3)ncnc21. The molecule has 0 bridgehead atoms. The van der Waals surface area contributed by atoms with Crippen LogP contribution in [0.5, 0.6) is 0 Å². The lowest BCUT2D eigenvalue weighted by Crippen LogP contribution is -2.29. The van der Waals surface area contributed by atoms with Gasteiger partial charge in [0, 0.05) is 23.9 Å². The maximum absolute atomic E-state index is 12.9. The van der Waals surface area contributed by atoms with Crippen molar-refractivity contribution in [2.24, 2.45) is 7.05 Å².